The largest absolute Gasteiger partial charge is 0.383 e. The van der Waals surface area contributed by atoms with Gasteiger partial charge < -0.3 is 9.30 Å². The van der Waals surface area contributed by atoms with Gasteiger partial charge in [-0.25, -0.2) is 0 Å². The average molecular weight is 375 g/mol. The van der Waals surface area contributed by atoms with Gasteiger partial charge in [0.2, 0.25) is 0 Å². The van der Waals surface area contributed by atoms with Crippen LogP contribution in [0.2, 0.25) is 0 Å². The third kappa shape index (κ3) is 3.28. The smallest absolute Gasteiger partial charge is 0.298 e. The Morgan fingerprint density at radius 1 is 1.46 bits per heavy atom. The molecule has 1 amide bonds. The highest BCUT2D eigenvalue weighted by Crippen LogP contribution is 2.23. The molecule has 0 unspecified atom stereocenters. The normalized spacial score (nSPS) is 12.0. The molecule has 10 heteroatoms. The highest BCUT2D eigenvalue weighted by atomic mass is 32.1. The number of non-ortho nitro benzene ring substituents is 1. The van der Waals surface area contributed by atoms with Gasteiger partial charge in [0.15, 0.2) is 4.80 Å². The summed E-state index contributed by atoms with van der Waals surface area (Å²) in [5.41, 5.74) is 1.91. The number of fused-ring (bicyclic) bond motifs is 1. The lowest BCUT2D eigenvalue weighted by Gasteiger charge is -2.04. The standard InChI is InChI=1S/C16H17N5O4S/c1-10-9-17-19(2)14(10)15(22)18-16-20(6-7-25-3)12-5-4-11(21(23)24)8-13(12)26-16/h4-5,8-9H,6-7H2,1-3H3. The summed E-state index contributed by atoms with van der Waals surface area (Å²) in [6.07, 6.45) is 1.61. The highest BCUT2D eigenvalue weighted by molar-refractivity contribution is 7.16. The summed E-state index contributed by atoms with van der Waals surface area (Å²) in [5, 5.41) is 15.1. The number of hydrogen-bond donors (Lipinski definition) is 0. The Hall–Kier alpha value is -2.85. The Bertz CT molecular complexity index is 1040. The number of nitrogens with zero attached hydrogens (tertiary/aromatic N) is 5. The van der Waals surface area contributed by atoms with Crippen molar-refractivity contribution in [2.45, 2.75) is 13.5 Å². The van der Waals surface area contributed by atoms with Gasteiger partial charge in [0.05, 0.1) is 27.9 Å². The van der Waals surface area contributed by atoms with Crippen LogP contribution in [-0.4, -0.2) is 38.9 Å². The molecule has 0 fully saturated rings. The van der Waals surface area contributed by atoms with E-state index in [1.807, 2.05) is 4.57 Å². The number of carbonyl (C=O) groups excluding carboxylic acids is 1. The zero-order chi connectivity index (χ0) is 18.8. The van der Waals surface area contributed by atoms with E-state index in [1.54, 1.807) is 33.3 Å². The van der Waals surface area contributed by atoms with E-state index in [0.29, 0.717) is 28.3 Å². The van der Waals surface area contributed by atoms with Crippen molar-refractivity contribution in [3.8, 4) is 0 Å². The molecule has 0 spiro atoms. The van der Waals surface area contributed by atoms with Crippen LogP contribution in [0, 0.1) is 17.0 Å². The van der Waals surface area contributed by atoms with E-state index in [2.05, 4.69) is 10.1 Å². The van der Waals surface area contributed by atoms with E-state index in [1.165, 1.54) is 28.2 Å². The maximum Gasteiger partial charge on any atom is 0.298 e. The van der Waals surface area contributed by atoms with Gasteiger partial charge in [-0.3, -0.25) is 19.6 Å². The number of amides is 1. The lowest BCUT2D eigenvalue weighted by Crippen LogP contribution is -2.20. The number of ether oxygens (including phenoxy) is 1. The molecule has 26 heavy (non-hydrogen) atoms. The van der Waals surface area contributed by atoms with Crippen LogP contribution in [-0.2, 0) is 18.3 Å². The summed E-state index contributed by atoms with van der Waals surface area (Å²) in [7, 11) is 3.27. The average Bonchev–Trinajstić information content (AvgIpc) is 3.11. The molecule has 1 aromatic carbocycles. The lowest BCUT2D eigenvalue weighted by atomic mass is 10.3. The number of benzene rings is 1. The number of nitro benzene ring substituents is 1. The van der Waals surface area contributed by atoms with E-state index in [0.717, 1.165) is 11.1 Å². The summed E-state index contributed by atoms with van der Waals surface area (Å²) in [6, 6.07) is 4.59. The predicted molar refractivity (Wildman–Crippen MR) is 96.2 cm³/mol. The molecule has 3 rings (SSSR count). The van der Waals surface area contributed by atoms with E-state index in [-0.39, 0.29) is 5.69 Å². The Morgan fingerprint density at radius 2 is 2.23 bits per heavy atom. The zero-order valence-corrected chi connectivity index (χ0v) is 15.3. The van der Waals surface area contributed by atoms with Gasteiger partial charge >= 0.3 is 0 Å². The summed E-state index contributed by atoms with van der Waals surface area (Å²) in [6.45, 7) is 2.70. The second-order valence-corrected chi connectivity index (χ2v) is 6.66. The van der Waals surface area contributed by atoms with Crippen molar-refractivity contribution < 1.29 is 14.5 Å². The zero-order valence-electron chi connectivity index (χ0n) is 14.5. The molecular weight excluding hydrogens is 358 g/mol. The number of aryl methyl sites for hydroxylation is 2. The Kier molecular flexibility index (Phi) is 4.96. The van der Waals surface area contributed by atoms with Gasteiger partial charge in [-0.2, -0.15) is 10.1 Å². The van der Waals surface area contributed by atoms with Gasteiger partial charge in [0.25, 0.3) is 11.6 Å². The molecule has 2 aromatic heterocycles. The van der Waals surface area contributed by atoms with Crippen LogP contribution in [0.5, 0.6) is 0 Å². The first kappa shape index (κ1) is 18.0. The molecule has 0 saturated heterocycles. The maximum atomic E-state index is 12.6. The van der Waals surface area contributed by atoms with Crippen molar-refractivity contribution in [3.63, 3.8) is 0 Å². The summed E-state index contributed by atoms with van der Waals surface area (Å²) < 4.78 is 9.13. The Balaban J connectivity index is 2.16. The summed E-state index contributed by atoms with van der Waals surface area (Å²) >= 11 is 1.23. The molecule has 0 saturated carbocycles. The molecule has 0 atom stereocenters. The van der Waals surface area contributed by atoms with Crippen LogP contribution < -0.4 is 4.80 Å². The first-order valence-corrected chi connectivity index (χ1v) is 8.58. The molecular formula is C16H17N5O4S. The monoisotopic (exact) mass is 375 g/mol. The van der Waals surface area contributed by atoms with Gasteiger partial charge in [0, 0.05) is 38.4 Å². The fourth-order valence-corrected chi connectivity index (χ4v) is 3.74. The van der Waals surface area contributed by atoms with Crippen LogP contribution in [0.4, 0.5) is 5.69 Å². The first-order chi connectivity index (χ1) is 12.4. The van der Waals surface area contributed by atoms with Crippen molar-refractivity contribution in [2.75, 3.05) is 13.7 Å². The fraction of sp³-hybridized carbons (Fsp3) is 0.312. The summed E-state index contributed by atoms with van der Waals surface area (Å²) in [5.74, 6) is -0.408. The summed E-state index contributed by atoms with van der Waals surface area (Å²) in [4.78, 5) is 27.9. The van der Waals surface area contributed by atoms with Gasteiger partial charge in [-0.15, -0.1) is 0 Å². The fourth-order valence-electron chi connectivity index (χ4n) is 2.65. The van der Waals surface area contributed by atoms with Crippen LogP contribution >= 0.6 is 11.3 Å². The Morgan fingerprint density at radius 3 is 2.85 bits per heavy atom. The second kappa shape index (κ2) is 7.18. The van der Waals surface area contributed by atoms with Crippen LogP contribution in [0.15, 0.2) is 29.4 Å². The van der Waals surface area contributed by atoms with E-state index >= 15 is 0 Å². The Labute approximate surface area is 152 Å². The van der Waals surface area contributed by atoms with E-state index < -0.39 is 10.8 Å². The van der Waals surface area contributed by atoms with E-state index in [9.17, 15) is 14.9 Å². The molecule has 0 aliphatic heterocycles. The van der Waals surface area contributed by atoms with Crippen molar-refractivity contribution in [2.24, 2.45) is 12.0 Å². The quantitative estimate of drug-likeness (QED) is 0.501. The number of nitro groups is 1. The highest BCUT2D eigenvalue weighted by Gasteiger charge is 2.16. The number of hydrogen-bond acceptors (Lipinski definition) is 6. The maximum absolute atomic E-state index is 12.6. The predicted octanol–water partition coefficient (Wildman–Crippen LogP) is 2.04. The van der Waals surface area contributed by atoms with Crippen molar-refractivity contribution >= 4 is 33.1 Å². The number of thiazole rings is 1. The molecule has 9 nitrogen and oxygen atoms in total. The molecule has 2 heterocycles. The molecule has 0 aliphatic carbocycles. The molecule has 0 aliphatic rings. The van der Waals surface area contributed by atoms with Crippen molar-refractivity contribution in [3.05, 3.63) is 50.6 Å². The van der Waals surface area contributed by atoms with Gasteiger partial charge in [-0.05, 0) is 13.0 Å². The third-order valence-electron chi connectivity index (χ3n) is 3.92. The number of rotatable bonds is 5. The number of aromatic nitrogens is 3. The lowest BCUT2D eigenvalue weighted by molar-refractivity contribution is -0.384. The SMILES string of the molecule is COCCn1c(=NC(=O)c2c(C)cnn2C)sc2cc([N+](=O)[O-])ccc21. The van der Waals surface area contributed by atoms with Crippen LogP contribution in [0.3, 0.4) is 0 Å². The second-order valence-electron chi connectivity index (χ2n) is 5.65. The van der Waals surface area contributed by atoms with Crippen molar-refractivity contribution in [1.29, 1.82) is 0 Å². The topological polar surface area (TPSA) is 105 Å². The minimum Gasteiger partial charge on any atom is -0.383 e. The number of methoxy groups -OCH3 is 1. The van der Waals surface area contributed by atoms with Gasteiger partial charge in [0.1, 0.15) is 5.69 Å². The molecule has 0 bridgehead atoms. The molecule has 0 N–H and O–H groups in total. The molecule has 0 radical (unpaired) electrons. The minimum atomic E-state index is -0.445. The van der Waals surface area contributed by atoms with Crippen molar-refractivity contribution in [1.82, 2.24) is 14.3 Å². The minimum absolute atomic E-state index is 0.00185. The first-order valence-electron chi connectivity index (χ1n) is 7.76. The van der Waals surface area contributed by atoms with Crippen LogP contribution in [0.25, 0.3) is 10.2 Å². The van der Waals surface area contributed by atoms with Gasteiger partial charge in [-0.1, -0.05) is 11.3 Å². The molecule has 136 valence electrons. The molecule has 3 aromatic rings. The van der Waals surface area contributed by atoms with Crippen LogP contribution in [0.1, 0.15) is 16.1 Å². The third-order valence-corrected chi connectivity index (χ3v) is 4.96. The van der Waals surface area contributed by atoms with E-state index in [4.69, 9.17) is 4.74 Å². The number of carbonyl (C=O) groups is 1.